The molecule has 78 valence electrons. The molecular weight excluding hydrogens is 270 g/mol. The minimum absolute atomic E-state index is 0.623. The molecule has 2 rings (SSSR count). The van der Waals surface area contributed by atoms with Gasteiger partial charge in [-0.2, -0.15) is 0 Å². The Bertz CT molecular complexity index is 476. The van der Waals surface area contributed by atoms with Crippen molar-refractivity contribution in [2.75, 3.05) is 0 Å². The van der Waals surface area contributed by atoms with Gasteiger partial charge in [0.05, 0.1) is 0 Å². The summed E-state index contributed by atoms with van der Waals surface area (Å²) in [5.74, 6) is 0. The summed E-state index contributed by atoms with van der Waals surface area (Å²) in [5.41, 5.74) is 8.19. The predicted octanol–water partition coefficient (Wildman–Crippen LogP) is 3.94. The van der Waals surface area contributed by atoms with Crippen LogP contribution in [0.5, 0.6) is 0 Å². The van der Waals surface area contributed by atoms with Crippen LogP contribution in [0.25, 0.3) is 10.4 Å². The van der Waals surface area contributed by atoms with Gasteiger partial charge in [-0.15, -0.1) is 11.3 Å². The maximum atomic E-state index is 5.61. The summed E-state index contributed by atoms with van der Waals surface area (Å²) in [6.07, 6.45) is 0. The van der Waals surface area contributed by atoms with Crippen LogP contribution in [0.15, 0.2) is 34.8 Å². The summed E-state index contributed by atoms with van der Waals surface area (Å²) < 4.78 is 1.12. The Morgan fingerprint density at radius 3 is 2.73 bits per heavy atom. The highest BCUT2D eigenvalue weighted by atomic mass is 79.9. The van der Waals surface area contributed by atoms with Gasteiger partial charge in [0, 0.05) is 20.8 Å². The Morgan fingerprint density at radius 2 is 2.07 bits per heavy atom. The lowest BCUT2D eigenvalue weighted by Gasteiger charge is -2.03. The second-order valence-corrected chi connectivity index (χ2v) is 5.51. The average Bonchev–Trinajstić information content (AvgIpc) is 2.70. The Labute approximate surface area is 102 Å². The molecule has 2 aromatic rings. The van der Waals surface area contributed by atoms with Gasteiger partial charge < -0.3 is 5.73 Å². The van der Waals surface area contributed by atoms with E-state index in [-0.39, 0.29) is 0 Å². The van der Waals surface area contributed by atoms with Crippen molar-refractivity contribution < 1.29 is 0 Å². The molecule has 1 aromatic heterocycles. The van der Waals surface area contributed by atoms with Crippen LogP contribution in [0.1, 0.15) is 10.4 Å². The number of aryl methyl sites for hydroxylation is 1. The minimum atomic E-state index is 0.623. The molecular formula is C12H12BrNS. The molecule has 0 bridgehead atoms. The molecule has 0 atom stereocenters. The Balaban J connectivity index is 2.48. The van der Waals surface area contributed by atoms with Crippen molar-refractivity contribution >= 4 is 27.3 Å². The Morgan fingerprint density at radius 1 is 1.27 bits per heavy atom. The normalized spacial score (nSPS) is 10.6. The summed E-state index contributed by atoms with van der Waals surface area (Å²) in [7, 11) is 0. The third kappa shape index (κ3) is 2.30. The molecule has 0 aliphatic heterocycles. The van der Waals surface area contributed by atoms with Crippen LogP contribution in [-0.2, 0) is 6.54 Å². The highest BCUT2D eigenvalue weighted by Gasteiger charge is 2.05. The first-order valence-corrected chi connectivity index (χ1v) is 6.37. The second kappa shape index (κ2) is 4.47. The molecule has 1 aromatic carbocycles. The predicted molar refractivity (Wildman–Crippen MR) is 70.1 cm³/mol. The van der Waals surface area contributed by atoms with Crippen LogP contribution in [0.2, 0.25) is 0 Å². The number of hydrogen-bond donors (Lipinski definition) is 1. The van der Waals surface area contributed by atoms with Gasteiger partial charge in [0.15, 0.2) is 0 Å². The van der Waals surface area contributed by atoms with Crippen molar-refractivity contribution in [3.05, 3.63) is 45.2 Å². The monoisotopic (exact) mass is 281 g/mol. The highest BCUT2D eigenvalue weighted by molar-refractivity contribution is 9.10. The summed E-state index contributed by atoms with van der Waals surface area (Å²) in [4.78, 5) is 2.51. The molecule has 0 aliphatic carbocycles. The standard InChI is InChI=1S/C12H12BrNS/c1-8-2-3-9(13)6-11(8)12-5-4-10(7-14)15-12/h2-6H,7,14H2,1H3. The number of benzene rings is 1. The molecule has 0 spiro atoms. The maximum absolute atomic E-state index is 5.61. The molecule has 1 nitrogen and oxygen atoms in total. The van der Waals surface area contributed by atoms with Crippen LogP contribution in [0.3, 0.4) is 0 Å². The second-order valence-electron chi connectivity index (χ2n) is 3.43. The maximum Gasteiger partial charge on any atom is 0.0349 e. The smallest absolute Gasteiger partial charge is 0.0349 e. The lowest BCUT2D eigenvalue weighted by Crippen LogP contribution is -1.91. The summed E-state index contributed by atoms with van der Waals surface area (Å²) in [5, 5.41) is 0. The molecule has 0 saturated heterocycles. The molecule has 1 heterocycles. The van der Waals surface area contributed by atoms with E-state index in [0.717, 1.165) is 4.47 Å². The SMILES string of the molecule is Cc1ccc(Br)cc1-c1ccc(CN)s1. The van der Waals surface area contributed by atoms with Gasteiger partial charge in [0.1, 0.15) is 0 Å². The fraction of sp³-hybridized carbons (Fsp3) is 0.167. The third-order valence-corrected chi connectivity index (χ3v) is 3.96. The van der Waals surface area contributed by atoms with Crippen LogP contribution in [0, 0.1) is 6.92 Å². The molecule has 0 aliphatic rings. The largest absolute Gasteiger partial charge is 0.326 e. The van der Waals surface area contributed by atoms with Gasteiger partial charge in [0.2, 0.25) is 0 Å². The van der Waals surface area contributed by atoms with Gasteiger partial charge >= 0.3 is 0 Å². The molecule has 0 saturated carbocycles. The summed E-state index contributed by atoms with van der Waals surface area (Å²) in [6, 6.07) is 10.6. The summed E-state index contributed by atoms with van der Waals surface area (Å²) in [6.45, 7) is 2.75. The Kier molecular flexibility index (Phi) is 3.24. The van der Waals surface area contributed by atoms with Gasteiger partial charge in [0.25, 0.3) is 0 Å². The lowest BCUT2D eigenvalue weighted by molar-refractivity contribution is 1.11. The number of halogens is 1. The molecule has 0 radical (unpaired) electrons. The van der Waals surface area contributed by atoms with Crippen molar-refractivity contribution in [2.45, 2.75) is 13.5 Å². The van der Waals surface area contributed by atoms with Crippen molar-refractivity contribution in [2.24, 2.45) is 5.73 Å². The van der Waals surface area contributed by atoms with Crippen molar-refractivity contribution in [3.8, 4) is 10.4 Å². The van der Waals surface area contributed by atoms with E-state index in [1.165, 1.54) is 20.9 Å². The molecule has 0 fully saturated rings. The number of hydrogen-bond acceptors (Lipinski definition) is 2. The first-order valence-electron chi connectivity index (χ1n) is 4.76. The summed E-state index contributed by atoms with van der Waals surface area (Å²) >= 11 is 5.26. The number of rotatable bonds is 2. The minimum Gasteiger partial charge on any atom is -0.326 e. The van der Waals surface area contributed by atoms with Gasteiger partial charge in [-0.1, -0.05) is 22.0 Å². The average molecular weight is 282 g/mol. The molecule has 0 unspecified atom stereocenters. The van der Waals surface area contributed by atoms with Crippen LogP contribution in [-0.4, -0.2) is 0 Å². The van der Waals surface area contributed by atoms with E-state index < -0.39 is 0 Å². The molecule has 2 N–H and O–H groups in total. The van der Waals surface area contributed by atoms with E-state index in [0.29, 0.717) is 6.54 Å². The van der Waals surface area contributed by atoms with E-state index in [1.807, 2.05) is 0 Å². The fourth-order valence-electron chi connectivity index (χ4n) is 1.49. The van der Waals surface area contributed by atoms with Crippen LogP contribution >= 0.6 is 27.3 Å². The van der Waals surface area contributed by atoms with Crippen molar-refractivity contribution in [1.29, 1.82) is 0 Å². The number of thiophene rings is 1. The molecule has 15 heavy (non-hydrogen) atoms. The topological polar surface area (TPSA) is 26.0 Å². The van der Waals surface area contributed by atoms with Crippen LogP contribution in [0.4, 0.5) is 0 Å². The zero-order valence-electron chi connectivity index (χ0n) is 8.46. The van der Waals surface area contributed by atoms with Crippen molar-refractivity contribution in [1.82, 2.24) is 0 Å². The van der Waals surface area contributed by atoms with Gasteiger partial charge in [-0.05, 0) is 42.3 Å². The van der Waals surface area contributed by atoms with E-state index >= 15 is 0 Å². The molecule has 0 amide bonds. The van der Waals surface area contributed by atoms with Gasteiger partial charge in [-0.25, -0.2) is 0 Å². The molecule has 3 heteroatoms. The Hall–Kier alpha value is -0.640. The zero-order valence-corrected chi connectivity index (χ0v) is 10.9. The zero-order chi connectivity index (χ0) is 10.8. The lowest BCUT2D eigenvalue weighted by atomic mass is 10.1. The van der Waals surface area contributed by atoms with E-state index in [1.54, 1.807) is 11.3 Å². The van der Waals surface area contributed by atoms with Crippen LogP contribution < -0.4 is 5.73 Å². The van der Waals surface area contributed by atoms with Crippen molar-refractivity contribution in [3.63, 3.8) is 0 Å². The fourth-order valence-corrected chi connectivity index (χ4v) is 2.82. The quantitative estimate of drug-likeness (QED) is 0.887. The van der Waals surface area contributed by atoms with E-state index in [4.69, 9.17) is 5.73 Å². The first kappa shape index (κ1) is 10.9. The van der Waals surface area contributed by atoms with Gasteiger partial charge in [-0.3, -0.25) is 0 Å². The van der Waals surface area contributed by atoms with E-state index in [9.17, 15) is 0 Å². The van der Waals surface area contributed by atoms with E-state index in [2.05, 4.69) is 53.2 Å². The third-order valence-electron chi connectivity index (χ3n) is 2.33. The first-order chi connectivity index (χ1) is 7.20. The highest BCUT2D eigenvalue weighted by Crippen LogP contribution is 2.32. The number of nitrogens with two attached hydrogens (primary N) is 1.